The van der Waals surface area contributed by atoms with E-state index in [2.05, 4.69) is 5.32 Å². The monoisotopic (exact) mass is 386 g/mol. The summed E-state index contributed by atoms with van der Waals surface area (Å²) in [6.45, 7) is 0.401. The first-order valence-corrected chi connectivity index (χ1v) is 10.8. The summed E-state index contributed by atoms with van der Waals surface area (Å²) in [6, 6.07) is 15.9. The molecule has 0 atom stereocenters. The Labute approximate surface area is 161 Å². The van der Waals surface area contributed by atoms with E-state index in [9.17, 15) is 13.2 Å². The van der Waals surface area contributed by atoms with Crippen LogP contribution in [0, 0.1) is 0 Å². The largest absolute Gasteiger partial charge is 0.348 e. The molecule has 1 saturated carbocycles. The molecule has 0 aromatic heterocycles. The summed E-state index contributed by atoms with van der Waals surface area (Å²) in [6.07, 6.45) is 5.08. The molecule has 0 saturated heterocycles. The number of hydrogen-bond donors (Lipinski definition) is 1. The molecule has 1 N–H and O–H groups in total. The summed E-state index contributed by atoms with van der Waals surface area (Å²) in [5, 5.41) is 2.84. The van der Waals surface area contributed by atoms with Crippen molar-refractivity contribution in [3.05, 3.63) is 65.7 Å². The lowest BCUT2D eigenvalue weighted by Gasteiger charge is -2.30. The van der Waals surface area contributed by atoms with Crippen LogP contribution in [0.1, 0.15) is 48.0 Å². The van der Waals surface area contributed by atoms with Gasteiger partial charge in [0.05, 0.1) is 4.90 Å². The third-order valence-electron chi connectivity index (χ3n) is 5.16. The van der Waals surface area contributed by atoms with Crippen molar-refractivity contribution < 1.29 is 13.2 Å². The van der Waals surface area contributed by atoms with Gasteiger partial charge in [-0.1, -0.05) is 55.7 Å². The van der Waals surface area contributed by atoms with Gasteiger partial charge in [0, 0.05) is 25.2 Å². The minimum atomic E-state index is -3.61. The van der Waals surface area contributed by atoms with Crippen LogP contribution in [-0.4, -0.2) is 31.7 Å². The fourth-order valence-electron chi connectivity index (χ4n) is 3.49. The van der Waals surface area contributed by atoms with Crippen LogP contribution >= 0.6 is 0 Å². The summed E-state index contributed by atoms with van der Waals surface area (Å²) in [4.78, 5) is 12.6. The van der Waals surface area contributed by atoms with Gasteiger partial charge in [-0.15, -0.1) is 0 Å². The fourth-order valence-corrected chi connectivity index (χ4v) is 4.95. The van der Waals surface area contributed by atoms with Crippen LogP contribution in [0.25, 0.3) is 0 Å². The van der Waals surface area contributed by atoms with Crippen LogP contribution in [0.3, 0.4) is 0 Å². The Bertz CT molecular complexity index is 875. The second-order valence-electron chi connectivity index (χ2n) is 7.01. The standard InChI is InChI=1S/C21H26N2O3S/c1-23(19-12-6-3-7-13-19)27(25,26)20-14-8-11-18(15-20)21(24)22-16-17-9-4-2-5-10-17/h2,4-5,8-11,14-15,19H,3,6-7,12-13,16H2,1H3,(H,22,24). The normalized spacial score (nSPS) is 15.6. The van der Waals surface area contributed by atoms with Crippen LogP contribution in [0.4, 0.5) is 0 Å². The molecule has 0 aliphatic heterocycles. The molecule has 0 spiro atoms. The predicted octanol–water partition coefficient (Wildman–Crippen LogP) is 3.57. The molecule has 144 valence electrons. The molecule has 27 heavy (non-hydrogen) atoms. The molecule has 1 aliphatic rings. The molecular weight excluding hydrogens is 360 g/mol. The maximum Gasteiger partial charge on any atom is 0.251 e. The van der Waals surface area contributed by atoms with E-state index >= 15 is 0 Å². The molecule has 2 aromatic carbocycles. The summed E-state index contributed by atoms with van der Waals surface area (Å²) >= 11 is 0. The molecule has 0 bridgehead atoms. The highest BCUT2D eigenvalue weighted by Crippen LogP contribution is 2.26. The Kier molecular flexibility index (Phi) is 6.29. The van der Waals surface area contributed by atoms with Gasteiger partial charge in [0.25, 0.3) is 5.91 Å². The lowest BCUT2D eigenvalue weighted by Crippen LogP contribution is -2.38. The van der Waals surface area contributed by atoms with E-state index in [1.807, 2.05) is 30.3 Å². The molecule has 3 rings (SSSR count). The van der Waals surface area contributed by atoms with E-state index in [0.29, 0.717) is 12.1 Å². The van der Waals surface area contributed by atoms with Crippen molar-refractivity contribution in [2.75, 3.05) is 7.05 Å². The highest BCUT2D eigenvalue weighted by Gasteiger charge is 2.29. The first-order chi connectivity index (χ1) is 13.0. The van der Waals surface area contributed by atoms with Gasteiger partial charge in [-0.3, -0.25) is 4.79 Å². The van der Waals surface area contributed by atoms with Gasteiger partial charge < -0.3 is 5.32 Å². The van der Waals surface area contributed by atoms with Gasteiger partial charge >= 0.3 is 0 Å². The van der Waals surface area contributed by atoms with E-state index in [1.165, 1.54) is 16.8 Å². The zero-order chi connectivity index (χ0) is 19.3. The van der Waals surface area contributed by atoms with Crippen molar-refractivity contribution in [2.24, 2.45) is 0 Å². The van der Waals surface area contributed by atoms with Crippen LogP contribution in [0.5, 0.6) is 0 Å². The van der Waals surface area contributed by atoms with E-state index < -0.39 is 10.0 Å². The van der Waals surface area contributed by atoms with Gasteiger partial charge in [-0.25, -0.2) is 8.42 Å². The molecular formula is C21H26N2O3S. The zero-order valence-corrected chi connectivity index (χ0v) is 16.4. The average molecular weight is 387 g/mol. The first kappa shape index (κ1) is 19.6. The van der Waals surface area contributed by atoms with Crippen molar-refractivity contribution in [1.82, 2.24) is 9.62 Å². The number of benzene rings is 2. The zero-order valence-electron chi connectivity index (χ0n) is 15.6. The number of carbonyl (C=O) groups is 1. The smallest absolute Gasteiger partial charge is 0.251 e. The average Bonchev–Trinajstić information content (AvgIpc) is 2.73. The van der Waals surface area contributed by atoms with Gasteiger partial charge in [-0.05, 0) is 36.6 Å². The number of amides is 1. The van der Waals surface area contributed by atoms with E-state index in [0.717, 1.165) is 31.2 Å². The Hall–Kier alpha value is -2.18. The molecule has 2 aromatic rings. The molecule has 1 aliphatic carbocycles. The fraction of sp³-hybridized carbons (Fsp3) is 0.381. The number of sulfonamides is 1. The van der Waals surface area contributed by atoms with Gasteiger partial charge in [0.15, 0.2) is 0 Å². The van der Waals surface area contributed by atoms with Crippen molar-refractivity contribution >= 4 is 15.9 Å². The van der Waals surface area contributed by atoms with Crippen LogP contribution in [0.15, 0.2) is 59.5 Å². The lowest BCUT2D eigenvalue weighted by atomic mass is 9.96. The Morgan fingerprint density at radius 1 is 1.04 bits per heavy atom. The van der Waals surface area contributed by atoms with Gasteiger partial charge in [-0.2, -0.15) is 4.31 Å². The minimum absolute atomic E-state index is 0.0410. The highest BCUT2D eigenvalue weighted by atomic mass is 32.2. The molecule has 0 unspecified atom stereocenters. The van der Waals surface area contributed by atoms with Gasteiger partial charge in [0.2, 0.25) is 10.0 Å². The Morgan fingerprint density at radius 3 is 2.44 bits per heavy atom. The second-order valence-corrected chi connectivity index (χ2v) is 9.01. The summed E-state index contributed by atoms with van der Waals surface area (Å²) < 4.78 is 27.4. The van der Waals surface area contributed by atoms with Crippen LogP contribution in [0.2, 0.25) is 0 Å². The van der Waals surface area contributed by atoms with Gasteiger partial charge in [0.1, 0.15) is 0 Å². The maximum atomic E-state index is 13.0. The number of carbonyl (C=O) groups excluding carboxylic acids is 1. The van der Waals surface area contributed by atoms with Crippen molar-refractivity contribution in [3.8, 4) is 0 Å². The Morgan fingerprint density at radius 2 is 1.74 bits per heavy atom. The van der Waals surface area contributed by atoms with E-state index in [-0.39, 0.29) is 16.8 Å². The molecule has 0 radical (unpaired) electrons. The molecule has 1 fully saturated rings. The number of nitrogens with one attached hydrogen (secondary N) is 1. The highest BCUT2D eigenvalue weighted by molar-refractivity contribution is 7.89. The lowest BCUT2D eigenvalue weighted by molar-refractivity contribution is 0.0950. The maximum absolute atomic E-state index is 13.0. The van der Waals surface area contributed by atoms with Crippen molar-refractivity contribution in [1.29, 1.82) is 0 Å². The van der Waals surface area contributed by atoms with Crippen LogP contribution in [-0.2, 0) is 16.6 Å². The van der Waals surface area contributed by atoms with Crippen LogP contribution < -0.4 is 5.32 Å². The predicted molar refractivity (Wildman–Crippen MR) is 106 cm³/mol. The number of rotatable bonds is 6. The van der Waals surface area contributed by atoms with Crippen molar-refractivity contribution in [2.45, 2.75) is 49.6 Å². The third kappa shape index (κ3) is 4.76. The summed E-state index contributed by atoms with van der Waals surface area (Å²) in [5.41, 5.74) is 1.34. The number of hydrogen-bond acceptors (Lipinski definition) is 3. The van der Waals surface area contributed by atoms with E-state index in [1.54, 1.807) is 25.2 Å². The summed E-state index contributed by atoms with van der Waals surface area (Å²) in [7, 11) is -1.96. The summed E-state index contributed by atoms with van der Waals surface area (Å²) in [5.74, 6) is -0.281. The quantitative estimate of drug-likeness (QED) is 0.825. The number of nitrogens with zero attached hydrogens (tertiary/aromatic N) is 1. The minimum Gasteiger partial charge on any atom is -0.348 e. The molecule has 5 nitrogen and oxygen atoms in total. The third-order valence-corrected chi connectivity index (χ3v) is 7.06. The SMILES string of the molecule is CN(C1CCCCC1)S(=O)(=O)c1cccc(C(=O)NCc2ccccc2)c1. The van der Waals surface area contributed by atoms with E-state index in [4.69, 9.17) is 0 Å². The molecule has 0 heterocycles. The Balaban J connectivity index is 1.72. The first-order valence-electron chi connectivity index (χ1n) is 9.39. The second kappa shape index (κ2) is 8.67. The molecule has 1 amide bonds. The molecule has 6 heteroatoms. The van der Waals surface area contributed by atoms with Crippen molar-refractivity contribution in [3.63, 3.8) is 0 Å². The topological polar surface area (TPSA) is 66.5 Å².